The molecule has 102 valence electrons. The Morgan fingerprint density at radius 1 is 1.39 bits per heavy atom. The van der Waals surface area contributed by atoms with Gasteiger partial charge in [0.1, 0.15) is 0 Å². The predicted octanol–water partition coefficient (Wildman–Crippen LogP) is 2.88. The van der Waals surface area contributed by atoms with Gasteiger partial charge in [-0.15, -0.1) is 11.3 Å². The summed E-state index contributed by atoms with van der Waals surface area (Å²) < 4.78 is 0. The number of thiazole rings is 1. The van der Waals surface area contributed by atoms with Crippen LogP contribution in [-0.4, -0.2) is 29.0 Å². The van der Waals surface area contributed by atoms with Gasteiger partial charge in [-0.25, -0.2) is 4.98 Å². The van der Waals surface area contributed by atoms with Crippen molar-refractivity contribution in [1.82, 2.24) is 9.88 Å². The van der Waals surface area contributed by atoms with E-state index in [2.05, 4.69) is 37.6 Å². The van der Waals surface area contributed by atoms with Crippen molar-refractivity contribution in [2.45, 2.75) is 52.6 Å². The highest BCUT2D eigenvalue weighted by molar-refractivity contribution is 7.11. The van der Waals surface area contributed by atoms with Crippen LogP contribution in [0.1, 0.15) is 48.3 Å². The van der Waals surface area contributed by atoms with E-state index in [9.17, 15) is 0 Å². The van der Waals surface area contributed by atoms with E-state index < -0.39 is 0 Å². The first-order chi connectivity index (χ1) is 8.49. The summed E-state index contributed by atoms with van der Waals surface area (Å²) in [5, 5.41) is 1.18. The van der Waals surface area contributed by atoms with Crippen molar-refractivity contribution < 1.29 is 0 Å². The maximum Gasteiger partial charge on any atom is 0.0900 e. The molecule has 3 unspecified atom stereocenters. The van der Waals surface area contributed by atoms with Gasteiger partial charge in [-0.3, -0.25) is 4.90 Å². The zero-order valence-corrected chi connectivity index (χ0v) is 12.8. The van der Waals surface area contributed by atoms with E-state index in [1.54, 1.807) is 0 Å². The summed E-state index contributed by atoms with van der Waals surface area (Å²) in [6.07, 6.45) is 2.55. The minimum atomic E-state index is 0.310. The zero-order valence-electron chi connectivity index (χ0n) is 11.9. The molecule has 1 aliphatic heterocycles. The molecule has 4 heteroatoms. The molecule has 3 nitrogen and oxygen atoms in total. The van der Waals surface area contributed by atoms with Crippen molar-refractivity contribution in [2.75, 3.05) is 13.1 Å². The van der Waals surface area contributed by atoms with E-state index in [1.165, 1.54) is 35.0 Å². The number of aromatic nitrogens is 1. The van der Waals surface area contributed by atoms with Crippen LogP contribution in [0.25, 0.3) is 0 Å². The van der Waals surface area contributed by atoms with Crippen molar-refractivity contribution in [2.24, 2.45) is 11.7 Å². The van der Waals surface area contributed by atoms with Gasteiger partial charge in [-0.1, -0.05) is 0 Å². The summed E-state index contributed by atoms with van der Waals surface area (Å²) in [5.41, 5.74) is 7.27. The Morgan fingerprint density at radius 3 is 2.67 bits per heavy atom. The maximum atomic E-state index is 6.07. The van der Waals surface area contributed by atoms with E-state index >= 15 is 0 Å². The van der Waals surface area contributed by atoms with Crippen LogP contribution < -0.4 is 5.73 Å². The quantitative estimate of drug-likeness (QED) is 0.915. The summed E-state index contributed by atoms with van der Waals surface area (Å²) in [4.78, 5) is 8.56. The Hall–Kier alpha value is -0.450. The highest BCUT2D eigenvalue weighted by Gasteiger charge is 2.27. The minimum Gasteiger partial charge on any atom is -0.328 e. The molecule has 0 aromatic carbocycles. The largest absolute Gasteiger partial charge is 0.328 e. The lowest BCUT2D eigenvalue weighted by Crippen LogP contribution is -2.43. The first-order valence-electron chi connectivity index (χ1n) is 6.92. The second-order valence-corrected chi connectivity index (χ2v) is 6.85. The molecule has 1 aliphatic rings. The maximum absolute atomic E-state index is 6.07. The molecule has 1 fully saturated rings. The fourth-order valence-electron chi connectivity index (χ4n) is 2.92. The predicted molar refractivity (Wildman–Crippen MR) is 77.9 cm³/mol. The Kier molecular flexibility index (Phi) is 4.41. The van der Waals surface area contributed by atoms with E-state index in [1.807, 2.05) is 11.3 Å². The van der Waals surface area contributed by atoms with Crippen molar-refractivity contribution in [3.05, 3.63) is 15.6 Å². The van der Waals surface area contributed by atoms with E-state index in [0.29, 0.717) is 18.0 Å². The lowest BCUT2D eigenvalue weighted by atomic mass is 9.91. The van der Waals surface area contributed by atoms with Crippen LogP contribution in [0.3, 0.4) is 0 Å². The van der Waals surface area contributed by atoms with Crippen molar-refractivity contribution >= 4 is 11.3 Å². The Labute approximate surface area is 114 Å². The summed E-state index contributed by atoms with van der Waals surface area (Å²) >= 11 is 1.84. The number of hydrogen-bond donors (Lipinski definition) is 1. The van der Waals surface area contributed by atoms with Gasteiger partial charge in [0.05, 0.1) is 10.7 Å². The zero-order chi connectivity index (χ0) is 13.3. The molecular weight excluding hydrogens is 242 g/mol. The monoisotopic (exact) mass is 267 g/mol. The van der Waals surface area contributed by atoms with Crippen LogP contribution in [0.4, 0.5) is 0 Å². The number of likely N-dealkylation sites (tertiary alicyclic amines) is 1. The second kappa shape index (κ2) is 5.68. The molecular formula is C14H25N3S. The Bertz CT molecular complexity index is 400. The molecule has 2 heterocycles. The van der Waals surface area contributed by atoms with Crippen LogP contribution in [0, 0.1) is 19.8 Å². The normalized spacial score (nSPS) is 25.1. The molecule has 0 bridgehead atoms. The van der Waals surface area contributed by atoms with Crippen molar-refractivity contribution in [3.63, 3.8) is 0 Å². The van der Waals surface area contributed by atoms with Crippen LogP contribution in [0.2, 0.25) is 0 Å². The summed E-state index contributed by atoms with van der Waals surface area (Å²) in [6, 6.07) is 0.794. The highest BCUT2D eigenvalue weighted by atomic mass is 32.1. The highest BCUT2D eigenvalue weighted by Crippen LogP contribution is 2.32. The summed E-state index contributed by atoms with van der Waals surface area (Å²) in [7, 11) is 0. The molecule has 0 saturated carbocycles. The average molecular weight is 267 g/mol. The van der Waals surface area contributed by atoms with Gasteiger partial charge in [0, 0.05) is 23.5 Å². The second-order valence-electron chi connectivity index (χ2n) is 5.61. The first kappa shape index (κ1) is 14.0. The minimum absolute atomic E-state index is 0.310. The molecule has 2 N–H and O–H groups in total. The van der Waals surface area contributed by atoms with E-state index in [0.717, 1.165) is 6.54 Å². The number of nitrogens with zero attached hydrogens (tertiary/aromatic N) is 2. The fourth-order valence-corrected chi connectivity index (χ4v) is 3.94. The van der Waals surface area contributed by atoms with Crippen molar-refractivity contribution in [3.8, 4) is 0 Å². The van der Waals surface area contributed by atoms with Crippen LogP contribution >= 0.6 is 11.3 Å². The number of hydrogen-bond acceptors (Lipinski definition) is 4. The molecule has 0 spiro atoms. The molecule has 18 heavy (non-hydrogen) atoms. The lowest BCUT2D eigenvalue weighted by Gasteiger charge is -2.38. The standard InChI is InChI=1S/C14H25N3S/c1-9(15)13-6-5-7-17(8-13)11(3)14-10(2)16-12(4)18-14/h9,11,13H,5-8,15H2,1-4H3. The molecule has 0 aliphatic carbocycles. The third-order valence-corrected chi connectivity index (χ3v) is 5.34. The van der Waals surface area contributed by atoms with Gasteiger partial charge >= 0.3 is 0 Å². The molecule has 1 aromatic rings. The van der Waals surface area contributed by atoms with Gasteiger partial charge in [0.25, 0.3) is 0 Å². The SMILES string of the molecule is Cc1nc(C)c(C(C)N2CCCC(C(C)N)C2)s1. The van der Waals surface area contributed by atoms with Crippen molar-refractivity contribution in [1.29, 1.82) is 0 Å². The number of nitrogens with two attached hydrogens (primary N) is 1. The van der Waals surface area contributed by atoms with Gasteiger partial charge < -0.3 is 5.73 Å². The molecule has 0 radical (unpaired) electrons. The first-order valence-corrected chi connectivity index (χ1v) is 7.74. The summed E-state index contributed by atoms with van der Waals surface area (Å²) in [5.74, 6) is 0.649. The topological polar surface area (TPSA) is 42.2 Å². The average Bonchev–Trinajstić information content (AvgIpc) is 2.67. The Morgan fingerprint density at radius 2 is 2.11 bits per heavy atom. The van der Waals surface area contributed by atoms with Crippen LogP contribution in [0.15, 0.2) is 0 Å². The van der Waals surface area contributed by atoms with Gasteiger partial charge in [0.2, 0.25) is 0 Å². The van der Waals surface area contributed by atoms with Gasteiger partial charge in [0.15, 0.2) is 0 Å². The smallest absolute Gasteiger partial charge is 0.0900 e. The number of rotatable bonds is 3. The Balaban J connectivity index is 2.09. The van der Waals surface area contributed by atoms with Crippen LogP contribution in [0.5, 0.6) is 0 Å². The van der Waals surface area contributed by atoms with Gasteiger partial charge in [-0.05, 0) is 53.0 Å². The van der Waals surface area contributed by atoms with E-state index in [4.69, 9.17) is 5.73 Å². The number of aryl methyl sites for hydroxylation is 2. The molecule has 3 atom stereocenters. The third kappa shape index (κ3) is 2.92. The molecule has 0 amide bonds. The fraction of sp³-hybridized carbons (Fsp3) is 0.786. The third-order valence-electron chi connectivity index (χ3n) is 4.10. The molecule has 2 rings (SSSR count). The van der Waals surface area contributed by atoms with Gasteiger partial charge in [-0.2, -0.15) is 0 Å². The van der Waals surface area contributed by atoms with E-state index in [-0.39, 0.29) is 0 Å². The number of piperidine rings is 1. The van der Waals surface area contributed by atoms with Crippen LogP contribution in [-0.2, 0) is 0 Å². The molecule has 1 aromatic heterocycles. The molecule has 1 saturated heterocycles. The summed E-state index contributed by atoms with van der Waals surface area (Å²) in [6.45, 7) is 11.0. The lowest BCUT2D eigenvalue weighted by molar-refractivity contribution is 0.123.